The summed E-state index contributed by atoms with van der Waals surface area (Å²) < 4.78 is 24.1. The van der Waals surface area contributed by atoms with Gasteiger partial charge in [0.2, 0.25) is 0 Å². The van der Waals surface area contributed by atoms with Crippen LogP contribution in [0.4, 0.5) is 4.39 Å². The van der Waals surface area contributed by atoms with E-state index in [1.807, 2.05) is 0 Å². The summed E-state index contributed by atoms with van der Waals surface area (Å²) >= 11 is 0. The van der Waals surface area contributed by atoms with E-state index in [1.54, 1.807) is 24.3 Å². The van der Waals surface area contributed by atoms with Gasteiger partial charge in [0, 0.05) is 6.42 Å². The van der Waals surface area contributed by atoms with Gasteiger partial charge >= 0.3 is 5.97 Å². The first-order valence-corrected chi connectivity index (χ1v) is 6.97. The summed E-state index contributed by atoms with van der Waals surface area (Å²) in [5, 5.41) is 8.98. The lowest BCUT2D eigenvalue weighted by Crippen LogP contribution is -2.20. The van der Waals surface area contributed by atoms with E-state index in [1.165, 1.54) is 18.2 Å². The summed E-state index contributed by atoms with van der Waals surface area (Å²) in [5.41, 5.74) is 2.04. The van der Waals surface area contributed by atoms with E-state index in [0.29, 0.717) is 25.4 Å². The van der Waals surface area contributed by atoms with Gasteiger partial charge in [-0.3, -0.25) is 0 Å². The van der Waals surface area contributed by atoms with Gasteiger partial charge < -0.3 is 14.6 Å². The molecule has 1 atom stereocenters. The van der Waals surface area contributed by atoms with E-state index in [4.69, 9.17) is 14.6 Å². The van der Waals surface area contributed by atoms with Gasteiger partial charge in [0.25, 0.3) is 0 Å². The zero-order valence-electron chi connectivity index (χ0n) is 11.8. The number of benzene rings is 2. The van der Waals surface area contributed by atoms with Crippen molar-refractivity contribution in [1.29, 1.82) is 0 Å². The third kappa shape index (κ3) is 3.26. The Balaban J connectivity index is 1.53. The molecule has 1 aliphatic rings. The Bertz CT molecular complexity index is 682. The van der Waals surface area contributed by atoms with Crippen LogP contribution in [-0.4, -0.2) is 23.8 Å². The van der Waals surface area contributed by atoms with Crippen molar-refractivity contribution in [3.63, 3.8) is 0 Å². The predicted octanol–water partition coefficient (Wildman–Crippen LogP) is 3.04. The van der Waals surface area contributed by atoms with Gasteiger partial charge in [-0.25, -0.2) is 9.18 Å². The van der Waals surface area contributed by atoms with Gasteiger partial charge in [0.05, 0.1) is 18.8 Å². The largest absolute Gasteiger partial charge is 0.487 e. The van der Waals surface area contributed by atoms with E-state index in [0.717, 1.165) is 11.1 Å². The maximum atomic E-state index is 12.8. The Morgan fingerprint density at radius 1 is 1.27 bits per heavy atom. The Hall–Kier alpha value is -2.40. The van der Waals surface area contributed by atoms with Crippen molar-refractivity contribution in [2.24, 2.45) is 0 Å². The average molecular weight is 302 g/mol. The van der Waals surface area contributed by atoms with Crippen LogP contribution < -0.4 is 4.74 Å². The number of hydrogen-bond donors (Lipinski definition) is 1. The Morgan fingerprint density at radius 3 is 2.77 bits per heavy atom. The lowest BCUT2D eigenvalue weighted by molar-refractivity contribution is 0.0510. The van der Waals surface area contributed by atoms with Gasteiger partial charge in [-0.2, -0.15) is 0 Å². The molecule has 22 heavy (non-hydrogen) atoms. The topological polar surface area (TPSA) is 55.8 Å². The average Bonchev–Trinajstić information content (AvgIpc) is 2.91. The normalized spacial score (nSPS) is 16.1. The Labute approximate surface area is 127 Å². The molecule has 1 heterocycles. The maximum Gasteiger partial charge on any atom is 0.335 e. The lowest BCUT2D eigenvalue weighted by atomic mass is 10.1. The number of carboxylic acid groups (broad SMARTS) is 1. The zero-order chi connectivity index (χ0) is 15.5. The number of carbonyl (C=O) groups is 1. The van der Waals surface area contributed by atoms with Gasteiger partial charge in [-0.1, -0.05) is 12.1 Å². The molecule has 3 rings (SSSR count). The highest BCUT2D eigenvalue weighted by Gasteiger charge is 2.24. The van der Waals surface area contributed by atoms with Crippen molar-refractivity contribution in [2.75, 3.05) is 6.61 Å². The second-order valence-electron chi connectivity index (χ2n) is 5.21. The molecular weight excluding hydrogens is 287 g/mol. The highest BCUT2D eigenvalue weighted by atomic mass is 19.1. The number of halogens is 1. The van der Waals surface area contributed by atoms with E-state index in [9.17, 15) is 9.18 Å². The number of aromatic carboxylic acids is 1. The summed E-state index contributed by atoms with van der Waals surface area (Å²) in [4.78, 5) is 10.9. The quantitative estimate of drug-likeness (QED) is 0.922. The van der Waals surface area contributed by atoms with Crippen molar-refractivity contribution in [2.45, 2.75) is 19.1 Å². The fourth-order valence-corrected chi connectivity index (χ4v) is 2.44. The zero-order valence-corrected chi connectivity index (χ0v) is 11.8. The molecule has 2 aromatic rings. The molecule has 1 aliphatic heterocycles. The minimum atomic E-state index is -0.946. The van der Waals surface area contributed by atoms with Crippen LogP contribution in [0.2, 0.25) is 0 Å². The summed E-state index contributed by atoms with van der Waals surface area (Å²) in [7, 11) is 0. The number of hydrogen-bond acceptors (Lipinski definition) is 3. The minimum absolute atomic E-state index is 0.125. The standard InChI is InChI=1S/C17H15FO4/c18-14-4-1-11(2-5-14)9-21-10-15-8-13-7-12(17(19)20)3-6-16(13)22-15/h1-7,15H,8-10H2,(H,19,20)/t15-/m0/s1. The molecule has 0 radical (unpaired) electrons. The van der Waals surface area contributed by atoms with Crippen LogP contribution in [0.3, 0.4) is 0 Å². The molecule has 0 spiro atoms. The highest BCUT2D eigenvalue weighted by molar-refractivity contribution is 5.88. The van der Waals surface area contributed by atoms with E-state index in [-0.39, 0.29) is 17.5 Å². The fourth-order valence-electron chi connectivity index (χ4n) is 2.44. The van der Waals surface area contributed by atoms with E-state index in [2.05, 4.69) is 0 Å². The molecule has 5 heteroatoms. The molecule has 0 amide bonds. The molecule has 0 aliphatic carbocycles. The molecule has 0 unspecified atom stereocenters. The molecule has 0 bridgehead atoms. The van der Waals surface area contributed by atoms with Crippen LogP contribution in [0.15, 0.2) is 42.5 Å². The van der Waals surface area contributed by atoms with Crippen LogP contribution in [0, 0.1) is 5.82 Å². The smallest absolute Gasteiger partial charge is 0.335 e. The molecular formula is C17H15FO4. The van der Waals surface area contributed by atoms with Crippen LogP contribution >= 0.6 is 0 Å². The third-order valence-corrected chi connectivity index (χ3v) is 3.53. The van der Waals surface area contributed by atoms with Crippen molar-refractivity contribution in [3.8, 4) is 5.75 Å². The molecule has 0 saturated carbocycles. The van der Waals surface area contributed by atoms with Crippen LogP contribution in [0.1, 0.15) is 21.5 Å². The maximum absolute atomic E-state index is 12.8. The van der Waals surface area contributed by atoms with Crippen LogP contribution in [0.5, 0.6) is 5.75 Å². The Morgan fingerprint density at radius 2 is 2.05 bits per heavy atom. The summed E-state index contributed by atoms with van der Waals surface area (Å²) in [6, 6.07) is 11.0. The second-order valence-corrected chi connectivity index (χ2v) is 5.21. The highest BCUT2D eigenvalue weighted by Crippen LogP contribution is 2.29. The van der Waals surface area contributed by atoms with E-state index < -0.39 is 5.97 Å². The van der Waals surface area contributed by atoms with E-state index >= 15 is 0 Å². The lowest BCUT2D eigenvalue weighted by Gasteiger charge is -2.11. The summed E-state index contributed by atoms with van der Waals surface area (Å²) in [5.74, 6) is -0.508. The first-order chi connectivity index (χ1) is 10.6. The molecule has 2 aromatic carbocycles. The first kappa shape index (κ1) is 14.5. The van der Waals surface area contributed by atoms with Crippen LogP contribution in [-0.2, 0) is 17.8 Å². The summed E-state index contributed by atoms with van der Waals surface area (Å²) in [6.45, 7) is 0.783. The number of carboxylic acids is 1. The van der Waals surface area contributed by atoms with Gasteiger partial charge in [0.15, 0.2) is 0 Å². The third-order valence-electron chi connectivity index (χ3n) is 3.53. The monoisotopic (exact) mass is 302 g/mol. The van der Waals surface area contributed by atoms with Gasteiger partial charge in [-0.05, 0) is 41.5 Å². The SMILES string of the molecule is O=C(O)c1ccc2c(c1)C[C@@H](COCc1ccc(F)cc1)O2. The predicted molar refractivity (Wildman–Crippen MR) is 77.6 cm³/mol. The van der Waals surface area contributed by atoms with Gasteiger partial charge in [0.1, 0.15) is 17.7 Å². The molecule has 4 nitrogen and oxygen atoms in total. The minimum Gasteiger partial charge on any atom is -0.487 e. The second kappa shape index (κ2) is 6.15. The van der Waals surface area contributed by atoms with Crippen molar-refractivity contribution in [1.82, 2.24) is 0 Å². The molecule has 0 aromatic heterocycles. The molecule has 114 valence electrons. The van der Waals surface area contributed by atoms with Crippen LogP contribution in [0.25, 0.3) is 0 Å². The molecule has 1 N–H and O–H groups in total. The van der Waals surface area contributed by atoms with Crippen molar-refractivity contribution in [3.05, 3.63) is 65.0 Å². The molecule has 0 fully saturated rings. The number of ether oxygens (including phenoxy) is 2. The summed E-state index contributed by atoms with van der Waals surface area (Å²) in [6.07, 6.45) is 0.499. The van der Waals surface area contributed by atoms with Crippen molar-refractivity contribution >= 4 is 5.97 Å². The van der Waals surface area contributed by atoms with Crippen molar-refractivity contribution < 1.29 is 23.8 Å². The number of fused-ring (bicyclic) bond motifs is 1. The number of rotatable bonds is 5. The molecule has 0 saturated heterocycles. The first-order valence-electron chi connectivity index (χ1n) is 6.97. The van der Waals surface area contributed by atoms with Gasteiger partial charge in [-0.15, -0.1) is 0 Å². The fraction of sp³-hybridized carbons (Fsp3) is 0.235. The Kier molecular flexibility index (Phi) is 4.06.